The number of rotatable bonds is 4. The molecule has 0 aliphatic heterocycles. The van der Waals surface area contributed by atoms with E-state index in [-0.39, 0.29) is 11.8 Å². The summed E-state index contributed by atoms with van der Waals surface area (Å²) in [6.07, 6.45) is 1.59. The van der Waals surface area contributed by atoms with Crippen molar-refractivity contribution in [1.82, 2.24) is 15.4 Å². The second kappa shape index (κ2) is 7.00. The minimum atomic E-state index is -0.518. The highest BCUT2D eigenvalue weighted by Gasteiger charge is 2.51. The van der Waals surface area contributed by atoms with Crippen LogP contribution in [0.4, 0.5) is 0 Å². The van der Waals surface area contributed by atoms with Gasteiger partial charge in [0.2, 0.25) is 5.91 Å². The number of nitrogens with one attached hydrogen (secondary N) is 2. The van der Waals surface area contributed by atoms with E-state index in [0.717, 1.165) is 35.5 Å². The number of para-hydroxylation sites is 1. The molecule has 2 N–H and O–H groups in total. The molecule has 1 aromatic heterocycles. The number of benzene rings is 2. The van der Waals surface area contributed by atoms with Crippen LogP contribution in [0.25, 0.3) is 5.69 Å². The summed E-state index contributed by atoms with van der Waals surface area (Å²) < 4.78 is 2.03. The van der Waals surface area contributed by atoms with Gasteiger partial charge in [-0.05, 0) is 50.5 Å². The maximum Gasteiger partial charge on any atom is 0.271 e. The Morgan fingerprint density at radius 3 is 2.11 bits per heavy atom. The van der Waals surface area contributed by atoms with Crippen LogP contribution in [0.1, 0.15) is 40.2 Å². The van der Waals surface area contributed by atoms with E-state index in [1.54, 1.807) is 0 Å². The first-order valence-corrected chi connectivity index (χ1v) is 9.43. The highest BCUT2D eigenvalue weighted by atomic mass is 16.2. The monoisotopic (exact) mass is 373 g/mol. The molecule has 0 atom stereocenters. The summed E-state index contributed by atoms with van der Waals surface area (Å²) in [5, 5.41) is 0. The van der Waals surface area contributed by atoms with Crippen molar-refractivity contribution in [2.45, 2.75) is 32.1 Å². The first-order valence-electron chi connectivity index (χ1n) is 9.43. The Kier molecular flexibility index (Phi) is 4.51. The molecule has 2 amide bonds. The Hall–Kier alpha value is -3.34. The van der Waals surface area contributed by atoms with Crippen molar-refractivity contribution in [3.63, 3.8) is 0 Å². The van der Waals surface area contributed by atoms with Crippen LogP contribution in [0.2, 0.25) is 0 Å². The van der Waals surface area contributed by atoms with E-state index < -0.39 is 5.41 Å². The smallest absolute Gasteiger partial charge is 0.271 e. The topological polar surface area (TPSA) is 63.1 Å². The predicted molar refractivity (Wildman–Crippen MR) is 108 cm³/mol. The summed E-state index contributed by atoms with van der Waals surface area (Å²) in [4.78, 5) is 25.4. The minimum Gasteiger partial charge on any atom is -0.318 e. The number of hydrogen-bond acceptors (Lipinski definition) is 2. The molecule has 28 heavy (non-hydrogen) atoms. The van der Waals surface area contributed by atoms with Crippen LogP contribution in [0.5, 0.6) is 0 Å². The molecule has 5 heteroatoms. The van der Waals surface area contributed by atoms with E-state index in [4.69, 9.17) is 0 Å². The Morgan fingerprint density at radius 2 is 1.50 bits per heavy atom. The maximum atomic E-state index is 12.7. The molecule has 2 aromatic carbocycles. The third-order valence-electron chi connectivity index (χ3n) is 5.49. The average Bonchev–Trinajstić information content (AvgIpc) is 3.48. The normalized spacial score (nSPS) is 14.4. The average molecular weight is 373 g/mol. The number of aromatic nitrogens is 1. The van der Waals surface area contributed by atoms with Gasteiger partial charge in [-0.1, -0.05) is 48.5 Å². The van der Waals surface area contributed by atoms with Gasteiger partial charge in [0.15, 0.2) is 0 Å². The van der Waals surface area contributed by atoms with Gasteiger partial charge in [0, 0.05) is 17.1 Å². The highest BCUT2D eigenvalue weighted by Crippen LogP contribution is 2.48. The lowest BCUT2D eigenvalue weighted by Gasteiger charge is -2.16. The van der Waals surface area contributed by atoms with Crippen molar-refractivity contribution in [1.29, 1.82) is 0 Å². The zero-order valence-electron chi connectivity index (χ0n) is 16.0. The van der Waals surface area contributed by atoms with Crippen LogP contribution >= 0.6 is 0 Å². The molecule has 1 heterocycles. The third-order valence-corrected chi connectivity index (χ3v) is 5.49. The molecule has 1 aliphatic carbocycles. The molecule has 0 saturated heterocycles. The SMILES string of the molecule is Cc1cc(C(=O)NNC(=O)C2(c3ccccc3)CC2)c(C)n1-c1ccccc1. The van der Waals surface area contributed by atoms with Crippen LogP contribution in [0, 0.1) is 13.8 Å². The van der Waals surface area contributed by atoms with Crippen molar-refractivity contribution in [3.05, 3.63) is 89.2 Å². The summed E-state index contributed by atoms with van der Waals surface area (Å²) in [5.74, 6) is -0.476. The van der Waals surface area contributed by atoms with Gasteiger partial charge in [-0.2, -0.15) is 0 Å². The van der Waals surface area contributed by atoms with E-state index in [1.165, 1.54) is 0 Å². The largest absolute Gasteiger partial charge is 0.318 e. The summed E-state index contributed by atoms with van der Waals surface area (Å²) in [7, 11) is 0. The standard InChI is InChI=1S/C23H23N3O2/c1-16-15-20(17(2)26(16)19-11-7-4-8-12-19)21(27)24-25-22(28)23(13-14-23)18-9-5-3-6-10-18/h3-12,15H,13-14H2,1-2H3,(H,24,27)(H,25,28). The summed E-state index contributed by atoms with van der Waals surface area (Å²) in [5.41, 5.74) is 9.04. The lowest BCUT2D eigenvalue weighted by atomic mass is 9.95. The van der Waals surface area contributed by atoms with Crippen LogP contribution < -0.4 is 10.9 Å². The van der Waals surface area contributed by atoms with Gasteiger partial charge in [-0.15, -0.1) is 0 Å². The van der Waals surface area contributed by atoms with E-state index in [2.05, 4.69) is 10.9 Å². The van der Waals surface area contributed by atoms with E-state index in [9.17, 15) is 9.59 Å². The van der Waals surface area contributed by atoms with Crippen LogP contribution in [0.15, 0.2) is 66.7 Å². The molecule has 4 rings (SSSR count). The number of hydrazine groups is 1. The number of carbonyl (C=O) groups excluding carboxylic acids is 2. The third kappa shape index (κ3) is 3.09. The van der Waals surface area contributed by atoms with Crippen molar-refractivity contribution in [3.8, 4) is 5.69 Å². The number of hydrogen-bond donors (Lipinski definition) is 2. The second-order valence-electron chi connectivity index (χ2n) is 7.31. The van der Waals surface area contributed by atoms with E-state index >= 15 is 0 Å². The first kappa shape index (κ1) is 18.0. The van der Waals surface area contributed by atoms with Gasteiger partial charge in [-0.3, -0.25) is 20.4 Å². The molecule has 3 aromatic rings. The van der Waals surface area contributed by atoms with Gasteiger partial charge < -0.3 is 4.57 Å². The number of carbonyl (C=O) groups is 2. The molecular weight excluding hydrogens is 350 g/mol. The fourth-order valence-electron chi connectivity index (χ4n) is 3.80. The Bertz CT molecular complexity index is 1020. The Morgan fingerprint density at radius 1 is 0.893 bits per heavy atom. The molecule has 0 radical (unpaired) electrons. The van der Waals surface area contributed by atoms with Crippen LogP contribution in [-0.4, -0.2) is 16.4 Å². The predicted octanol–water partition coefficient (Wildman–Crippen LogP) is 3.59. The molecule has 0 spiro atoms. The van der Waals surface area contributed by atoms with Crippen LogP contribution in [0.3, 0.4) is 0 Å². The minimum absolute atomic E-state index is 0.163. The highest BCUT2D eigenvalue weighted by molar-refractivity contribution is 5.98. The van der Waals surface area contributed by atoms with Gasteiger partial charge in [0.1, 0.15) is 0 Å². The zero-order chi connectivity index (χ0) is 19.7. The van der Waals surface area contributed by atoms with E-state index in [1.807, 2.05) is 85.1 Å². The second-order valence-corrected chi connectivity index (χ2v) is 7.31. The summed E-state index contributed by atoms with van der Waals surface area (Å²) in [6.45, 7) is 3.87. The quantitative estimate of drug-likeness (QED) is 0.687. The Labute approximate surface area is 164 Å². The molecule has 1 fully saturated rings. The summed E-state index contributed by atoms with van der Waals surface area (Å²) in [6, 6.07) is 21.4. The Balaban J connectivity index is 1.49. The summed E-state index contributed by atoms with van der Waals surface area (Å²) >= 11 is 0. The molecular formula is C23H23N3O2. The molecule has 0 unspecified atom stereocenters. The fraction of sp³-hybridized carbons (Fsp3) is 0.217. The fourth-order valence-corrected chi connectivity index (χ4v) is 3.80. The van der Waals surface area contributed by atoms with Gasteiger partial charge in [0.25, 0.3) is 5.91 Å². The molecule has 5 nitrogen and oxygen atoms in total. The number of amides is 2. The molecule has 1 saturated carbocycles. The number of aryl methyl sites for hydroxylation is 1. The van der Waals surface area contributed by atoms with Gasteiger partial charge in [-0.25, -0.2) is 0 Å². The van der Waals surface area contributed by atoms with Crippen molar-refractivity contribution in [2.24, 2.45) is 0 Å². The molecule has 142 valence electrons. The van der Waals surface area contributed by atoms with E-state index in [0.29, 0.717) is 5.56 Å². The van der Waals surface area contributed by atoms with Gasteiger partial charge in [0.05, 0.1) is 11.0 Å². The van der Waals surface area contributed by atoms with Crippen LogP contribution in [-0.2, 0) is 10.2 Å². The van der Waals surface area contributed by atoms with Crippen molar-refractivity contribution >= 4 is 11.8 Å². The molecule has 1 aliphatic rings. The maximum absolute atomic E-state index is 12.7. The molecule has 0 bridgehead atoms. The van der Waals surface area contributed by atoms with Crippen molar-refractivity contribution < 1.29 is 9.59 Å². The van der Waals surface area contributed by atoms with Gasteiger partial charge >= 0.3 is 0 Å². The number of nitrogens with zero attached hydrogens (tertiary/aromatic N) is 1. The lowest BCUT2D eigenvalue weighted by Crippen LogP contribution is -2.46. The van der Waals surface area contributed by atoms with Crippen molar-refractivity contribution in [2.75, 3.05) is 0 Å². The first-order chi connectivity index (χ1) is 13.5. The zero-order valence-corrected chi connectivity index (χ0v) is 16.0. The lowest BCUT2D eigenvalue weighted by molar-refractivity contribution is -0.124.